The van der Waals surface area contributed by atoms with Gasteiger partial charge in [0.25, 0.3) is 0 Å². The fourth-order valence-corrected chi connectivity index (χ4v) is 1.67. The predicted octanol–water partition coefficient (Wildman–Crippen LogP) is 3.20. The van der Waals surface area contributed by atoms with Gasteiger partial charge < -0.3 is 9.84 Å². The number of aliphatic hydroxyl groups is 1. The minimum Gasteiger partial charge on any atom is -0.497 e. The van der Waals surface area contributed by atoms with Crippen LogP contribution in [0.4, 0.5) is 0 Å². The van der Waals surface area contributed by atoms with E-state index in [9.17, 15) is 5.11 Å². The average molecular weight is 234 g/mol. The van der Waals surface area contributed by atoms with E-state index in [4.69, 9.17) is 4.74 Å². The van der Waals surface area contributed by atoms with Crippen LogP contribution in [-0.2, 0) is 6.42 Å². The van der Waals surface area contributed by atoms with Crippen LogP contribution in [0, 0.1) is 5.92 Å². The van der Waals surface area contributed by atoms with Gasteiger partial charge in [-0.15, -0.1) is 6.58 Å². The van der Waals surface area contributed by atoms with E-state index in [2.05, 4.69) is 6.58 Å². The summed E-state index contributed by atoms with van der Waals surface area (Å²) in [4.78, 5) is 0. The average Bonchev–Trinajstić information content (AvgIpc) is 2.36. The molecular weight excluding hydrogens is 212 g/mol. The van der Waals surface area contributed by atoms with E-state index in [0.29, 0.717) is 0 Å². The van der Waals surface area contributed by atoms with Crippen LogP contribution in [-0.4, -0.2) is 17.8 Å². The van der Waals surface area contributed by atoms with Crippen LogP contribution < -0.4 is 4.74 Å². The first-order chi connectivity index (χ1) is 7.99. The molecule has 0 aliphatic rings. The molecule has 0 aliphatic heterocycles. The van der Waals surface area contributed by atoms with Gasteiger partial charge in [-0.2, -0.15) is 0 Å². The molecule has 0 heterocycles. The fraction of sp³-hybridized carbons (Fsp3) is 0.467. The highest BCUT2D eigenvalue weighted by Crippen LogP contribution is 2.24. The summed E-state index contributed by atoms with van der Waals surface area (Å²) in [6.07, 6.45) is 3.38. The van der Waals surface area contributed by atoms with E-state index in [1.165, 1.54) is 5.56 Å². The zero-order valence-corrected chi connectivity index (χ0v) is 10.9. The molecule has 1 N–H and O–H groups in total. The smallest absolute Gasteiger partial charge is 0.118 e. The number of hydrogen-bond acceptors (Lipinski definition) is 2. The summed E-state index contributed by atoms with van der Waals surface area (Å²) in [5.74, 6) is 0.959. The van der Waals surface area contributed by atoms with Crippen molar-refractivity contribution in [2.75, 3.05) is 7.11 Å². The summed E-state index contributed by atoms with van der Waals surface area (Å²) in [6, 6.07) is 7.96. The molecule has 0 unspecified atom stereocenters. The zero-order chi connectivity index (χ0) is 12.9. The molecule has 0 saturated heterocycles. The second-order valence-corrected chi connectivity index (χ2v) is 4.73. The van der Waals surface area contributed by atoms with Crippen LogP contribution in [0.15, 0.2) is 36.9 Å². The molecule has 2 nitrogen and oxygen atoms in total. The maximum Gasteiger partial charge on any atom is 0.118 e. The Hall–Kier alpha value is -1.28. The molecule has 0 radical (unpaired) electrons. The molecule has 2 atom stereocenters. The first kappa shape index (κ1) is 13.8. The molecule has 0 saturated carbocycles. The third-order valence-electron chi connectivity index (χ3n) is 3.41. The minimum atomic E-state index is -0.693. The third-order valence-corrected chi connectivity index (χ3v) is 3.41. The van der Waals surface area contributed by atoms with Crippen molar-refractivity contribution in [1.82, 2.24) is 0 Å². The lowest BCUT2D eigenvalue weighted by Gasteiger charge is -2.28. The van der Waals surface area contributed by atoms with Gasteiger partial charge in [-0.3, -0.25) is 0 Å². The standard InChI is InChI=1S/C15H22O2/c1-5-12(2)15(3,16)11-10-13-6-8-14(17-4)9-7-13/h5-9,12,16H,1,10-11H2,2-4H3/t12-,15+/m0/s1. The Labute approximate surface area is 104 Å². The van der Waals surface area contributed by atoms with E-state index in [-0.39, 0.29) is 5.92 Å². The highest BCUT2D eigenvalue weighted by molar-refractivity contribution is 5.27. The molecular formula is C15H22O2. The number of hydrogen-bond donors (Lipinski definition) is 1. The van der Waals surface area contributed by atoms with E-state index in [1.807, 2.05) is 38.1 Å². The summed E-state index contributed by atoms with van der Waals surface area (Å²) in [7, 11) is 1.66. The molecule has 0 spiro atoms. The zero-order valence-electron chi connectivity index (χ0n) is 10.9. The van der Waals surface area contributed by atoms with Crippen molar-refractivity contribution in [2.24, 2.45) is 5.92 Å². The molecule has 0 aliphatic carbocycles. The first-order valence-electron chi connectivity index (χ1n) is 5.97. The predicted molar refractivity (Wildman–Crippen MR) is 71.3 cm³/mol. The van der Waals surface area contributed by atoms with Crippen LogP contribution in [0.25, 0.3) is 0 Å². The monoisotopic (exact) mass is 234 g/mol. The van der Waals surface area contributed by atoms with Gasteiger partial charge in [0.2, 0.25) is 0 Å². The molecule has 0 bridgehead atoms. The van der Waals surface area contributed by atoms with E-state index in [0.717, 1.165) is 18.6 Å². The van der Waals surface area contributed by atoms with Gasteiger partial charge in [0.05, 0.1) is 12.7 Å². The van der Waals surface area contributed by atoms with Crippen LogP contribution in [0.1, 0.15) is 25.8 Å². The molecule has 2 heteroatoms. The Morgan fingerprint density at radius 2 is 2.00 bits per heavy atom. The van der Waals surface area contributed by atoms with Crippen molar-refractivity contribution in [3.63, 3.8) is 0 Å². The van der Waals surface area contributed by atoms with Crippen LogP contribution in [0.2, 0.25) is 0 Å². The highest BCUT2D eigenvalue weighted by atomic mass is 16.5. The van der Waals surface area contributed by atoms with Crippen LogP contribution in [0.5, 0.6) is 5.75 Å². The molecule has 0 fully saturated rings. The van der Waals surface area contributed by atoms with E-state index < -0.39 is 5.60 Å². The summed E-state index contributed by atoms with van der Waals surface area (Å²) in [5, 5.41) is 10.2. The highest BCUT2D eigenvalue weighted by Gasteiger charge is 2.25. The lowest BCUT2D eigenvalue weighted by Crippen LogP contribution is -2.32. The number of methoxy groups -OCH3 is 1. The first-order valence-corrected chi connectivity index (χ1v) is 5.97. The Morgan fingerprint density at radius 3 is 2.47 bits per heavy atom. The molecule has 0 amide bonds. The summed E-state index contributed by atoms with van der Waals surface area (Å²) < 4.78 is 5.11. The number of ether oxygens (including phenoxy) is 1. The van der Waals surface area contributed by atoms with Gasteiger partial charge >= 0.3 is 0 Å². The lowest BCUT2D eigenvalue weighted by molar-refractivity contribution is 0.0165. The lowest BCUT2D eigenvalue weighted by atomic mass is 9.85. The molecule has 1 rings (SSSR count). The molecule has 1 aromatic carbocycles. The second-order valence-electron chi connectivity index (χ2n) is 4.73. The maximum absolute atomic E-state index is 10.2. The Bertz CT molecular complexity index is 352. The normalized spacial score (nSPS) is 16.0. The number of rotatable bonds is 6. The SMILES string of the molecule is C=C[C@H](C)[C@](C)(O)CCc1ccc(OC)cc1. The largest absolute Gasteiger partial charge is 0.497 e. The van der Waals surface area contributed by atoms with Crippen molar-refractivity contribution in [3.05, 3.63) is 42.5 Å². The van der Waals surface area contributed by atoms with Gasteiger partial charge in [0.1, 0.15) is 5.75 Å². The molecule has 1 aromatic rings. The Morgan fingerprint density at radius 1 is 1.41 bits per heavy atom. The summed E-state index contributed by atoms with van der Waals surface area (Å²) in [6.45, 7) is 7.58. The Balaban J connectivity index is 2.57. The van der Waals surface area contributed by atoms with Gasteiger partial charge in [0.15, 0.2) is 0 Å². The number of aryl methyl sites for hydroxylation is 1. The van der Waals surface area contributed by atoms with Gasteiger partial charge in [-0.1, -0.05) is 25.1 Å². The topological polar surface area (TPSA) is 29.5 Å². The second kappa shape index (κ2) is 5.87. The fourth-order valence-electron chi connectivity index (χ4n) is 1.67. The minimum absolute atomic E-state index is 0.0979. The van der Waals surface area contributed by atoms with Crippen molar-refractivity contribution in [2.45, 2.75) is 32.3 Å². The maximum atomic E-state index is 10.2. The van der Waals surface area contributed by atoms with Crippen molar-refractivity contribution in [3.8, 4) is 5.75 Å². The van der Waals surface area contributed by atoms with Gasteiger partial charge in [0, 0.05) is 5.92 Å². The van der Waals surface area contributed by atoms with E-state index in [1.54, 1.807) is 13.2 Å². The third kappa shape index (κ3) is 3.90. The summed E-state index contributed by atoms with van der Waals surface area (Å²) in [5.41, 5.74) is 0.518. The van der Waals surface area contributed by atoms with Crippen LogP contribution in [0.3, 0.4) is 0 Å². The van der Waals surface area contributed by atoms with E-state index >= 15 is 0 Å². The number of benzene rings is 1. The van der Waals surface area contributed by atoms with Crippen molar-refractivity contribution in [1.29, 1.82) is 0 Å². The molecule has 17 heavy (non-hydrogen) atoms. The van der Waals surface area contributed by atoms with Gasteiger partial charge in [-0.25, -0.2) is 0 Å². The van der Waals surface area contributed by atoms with Crippen molar-refractivity contribution < 1.29 is 9.84 Å². The molecule has 94 valence electrons. The van der Waals surface area contributed by atoms with Crippen molar-refractivity contribution >= 4 is 0 Å². The van der Waals surface area contributed by atoms with Gasteiger partial charge in [-0.05, 0) is 37.5 Å². The van der Waals surface area contributed by atoms with Crippen LogP contribution >= 0.6 is 0 Å². The molecule has 0 aromatic heterocycles. The quantitative estimate of drug-likeness (QED) is 0.766. The Kier molecular flexibility index (Phi) is 4.76. The summed E-state index contributed by atoms with van der Waals surface area (Å²) >= 11 is 0.